The minimum Gasteiger partial charge on any atom is -0.330 e. The molecule has 0 saturated carbocycles. The van der Waals surface area contributed by atoms with Crippen LogP contribution in [0.1, 0.15) is 56.6 Å². The van der Waals surface area contributed by atoms with Crippen LogP contribution in [0.25, 0.3) is 0 Å². The second kappa shape index (κ2) is 4.76. The molecular weight excluding hydrogens is 222 g/mol. The summed E-state index contributed by atoms with van der Waals surface area (Å²) in [5.41, 5.74) is 6.90. The molecule has 1 aromatic rings. The first-order chi connectivity index (χ1) is 7.65. The van der Waals surface area contributed by atoms with E-state index in [0.717, 1.165) is 25.2 Å². The number of hydrogen-bond acceptors (Lipinski definition) is 2. The Labute approximate surface area is 102 Å². The van der Waals surface area contributed by atoms with Crippen LogP contribution < -0.4 is 5.73 Å². The molecule has 1 aromatic heterocycles. The van der Waals surface area contributed by atoms with Crippen LogP contribution in [0.15, 0.2) is 0 Å². The van der Waals surface area contributed by atoms with Gasteiger partial charge in [0.15, 0.2) is 5.15 Å². The highest BCUT2D eigenvalue weighted by molar-refractivity contribution is 6.30. The van der Waals surface area contributed by atoms with Crippen molar-refractivity contribution < 1.29 is 0 Å². The summed E-state index contributed by atoms with van der Waals surface area (Å²) in [6.07, 6.45) is 4.49. The van der Waals surface area contributed by atoms with Crippen molar-refractivity contribution in [3.05, 3.63) is 16.7 Å². The van der Waals surface area contributed by atoms with Gasteiger partial charge in [-0.3, -0.25) is 0 Å². The van der Waals surface area contributed by atoms with E-state index < -0.39 is 0 Å². The maximum absolute atomic E-state index is 6.21. The molecule has 1 aliphatic rings. The quantitative estimate of drug-likeness (QED) is 0.885. The summed E-state index contributed by atoms with van der Waals surface area (Å²) < 4.78 is 2.35. The molecule has 1 unspecified atom stereocenters. The van der Waals surface area contributed by atoms with E-state index in [1.54, 1.807) is 0 Å². The number of imidazole rings is 1. The van der Waals surface area contributed by atoms with E-state index in [2.05, 4.69) is 23.4 Å². The highest BCUT2D eigenvalue weighted by Gasteiger charge is 2.26. The van der Waals surface area contributed by atoms with Crippen LogP contribution in [0, 0.1) is 0 Å². The summed E-state index contributed by atoms with van der Waals surface area (Å²) in [6.45, 7) is 5.07. The summed E-state index contributed by atoms with van der Waals surface area (Å²) in [5.74, 6) is 1.54. The van der Waals surface area contributed by atoms with E-state index in [9.17, 15) is 0 Å². The third-order valence-electron chi connectivity index (χ3n) is 3.32. The Hall–Kier alpha value is -0.540. The molecule has 0 saturated heterocycles. The molecule has 0 amide bonds. The first kappa shape index (κ1) is 11.9. The molecule has 4 heteroatoms. The van der Waals surface area contributed by atoms with Gasteiger partial charge < -0.3 is 10.3 Å². The lowest BCUT2D eigenvalue weighted by molar-refractivity contribution is 0.368. The number of nitrogens with two attached hydrogens (primary N) is 1. The summed E-state index contributed by atoms with van der Waals surface area (Å²) in [7, 11) is 0. The van der Waals surface area contributed by atoms with E-state index in [-0.39, 0.29) is 0 Å². The Morgan fingerprint density at radius 1 is 1.56 bits per heavy atom. The zero-order valence-electron chi connectivity index (χ0n) is 10.0. The second-order valence-electron chi connectivity index (χ2n) is 4.86. The van der Waals surface area contributed by atoms with Gasteiger partial charge >= 0.3 is 0 Å². The Morgan fingerprint density at radius 3 is 2.94 bits per heavy atom. The van der Waals surface area contributed by atoms with Crippen molar-refractivity contribution in [2.24, 2.45) is 5.73 Å². The van der Waals surface area contributed by atoms with Crippen LogP contribution in [-0.4, -0.2) is 16.1 Å². The minimum absolute atomic E-state index is 0.421. The van der Waals surface area contributed by atoms with Crippen molar-refractivity contribution in [1.82, 2.24) is 9.55 Å². The third kappa shape index (κ3) is 1.98. The Balaban J connectivity index is 2.43. The van der Waals surface area contributed by atoms with E-state index in [1.807, 2.05) is 0 Å². The number of hydrogen-bond donors (Lipinski definition) is 1. The van der Waals surface area contributed by atoms with Crippen LogP contribution in [0.5, 0.6) is 0 Å². The smallest absolute Gasteiger partial charge is 0.150 e. The van der Waals surface area contributed by atoms with Crippen LogP contribution in [0.2, 0.25) is 5.15 Å². The molecule has 2 N–H and O–H groups in total. The highest BCUT2D eigenvalue weighted by atomic mass is 35.5. The lowest BCUT2D eigenvalue weighted by atomic mass is 9.99. The van der Waals surface area contributed by atoms with Gasteiger partial charge in [0.05, 0.1) is 5.69 Å². The number of nitrogens with zero attached hydrogens (tertiary/aromatic N) is 2. The highest BCUT2D eigenvalue weighted by Crippen LogP contribution is 2.35. The molecule has 90 valence electrons. The number of fused-ring (bicyclic) bond motifs is 1. The number of aromatic nitrogens is 2. The summed E-state index contributed by atoms with van der Waals surface area (Å²) in [6, 6.07) is 0.506. The number of halogens is 1. The zero-order valence-corrected chi connectivity index (χ0v) is 10.8. The van der Waals surface area contributed by atoms with Gasteiger partial charge in [-0.2, -0.15) is 0 Å². The van der Waals surface area contributed by atoms with Crippen LogP contribution in [0.4, 0.5) is 0 Å². The third-order valence-corrected chi connectivity index (χ3v) is 3.62. The Bertz CT molecular complexity index is 371. The fourth-order valence-electron chi connectivity index (χ4n) is 2.60. The predicted octanol–water partition coefficient (Wildman–Crippen LogP) is 2.89. The summed E-state index contributed by atoms with van der Waals surface area (Å²) in [5, 5.41) is 0.699. The fraction of sp³-hybridized carbons (Fsp3) is 0.750. The first-order valence-corrected chi connectivity index (χ1v) is 6.49. The van der Waals surface area contributed by atoms with Gasteiger partial charge in [-0.05, 0) is 32.2 Å². The average molecular weight is 242 g/mol. The summed E-state index contributed by atoms with van der Waals surface area (Å²) in [4.78, 5) is 4.51. The monoisotopic (exact) mass is 241 g/mol. The van der Waals surface area contributed by atoms with E-state index >= 15 is 0 Å². The van der Waals surface area contributed by atoms with Crippen LogP contribution in [0.3, 0.4) is 0 Å². The molecule has 0 aromatic carbocycles. The second-order valence-corrected chi connectivity index (χ2v) is 5.21. The first-order valence-electron chi connectivity index (χ1n) is 6.11. The van der Waals surface area contributed by atoms with Gasteiger partial charge in [-0.25, -0.2) is 4.98 Å². The lowest BCUT2D eigenvalue weighted by Crippen LogP contribution is -2.22. The molecule has 2 rings (SSSR count). The minimum atomic E-state index is 0.421. The van der Waals surface area contributed by atoms with E-state index in [4.69, 9.17) is 17.3 Å². The van der Waals surface area contributed by atoms with Gasteiger partial charge in [0.2, 0.25) is 0 Å². The van der Waals surface area contributed by atoms with Crippen molar-refractivity contribution in [3.63, 3.8) is 0 Å². The average Bonchev–Trinajstić information content (AvgIpc) is 2.58. The van der Waals surface area contributed by atoms with Crippen molar-refractivity contribution in [3.8, 4) is 0 Å². The van der Waals surface area contributed by atoms with Crippen molar-refractivity contribution in [2.45, 2.75) is 51.5 Å². The molecule has 1 atom stereocenters. The normalized spacial score (nSPS) is 20.2. The molecule has 16 heavy (non-hydrogen) atoms. The van der Waals surface area contributed by atoms with E-state index in [0.29, 0.717) is 17.1 Å². The molecule has 0 aliphatic carbocycles. The van der Waals surface area contributed by atoms with Crippen molar-refractivity contribution in [2.75, 3.05) is 6.54 Å². The molecule has 2 heterocycles. The largest absolute Gasteiger partial charge is 0.330 e. The van der Waals surface area contributed by atoms with Gasteiger partial charge in [0, 0.05) is 12.0 Å². The fourth-order valence-corrected chi connectivity index (χ4v) is 2.87. The molecule has 0 radical (unpaired) electrons. The maximum atomic E-state index is 6.21. The molecule has 0 bridgehead atoms. The van der Waals surface area contributed by atoms with Gasteiger partial charge in [-0.15, -0.1) is 0 Å². The predicted molar refractivity (Wildman–Crippen MR) is 67.0 cm³/mol. The Kier molecular flexibility index (Phi) is 3.55. The van der Waals surface area contributed by atoms with Crippen molar-refractivity contribution >= 4 is 11.6 Å². The number of rotatable bonds is 3. The molecule has 0 spiro atoms. The van der Waals surface area contributed by atoms with Gasteiger partial charge in [0.1, 0.15) is 5.82 Å². The van der Waals surface area contributed by atoms with Crippen LogP contribution in [-0.2, 0) is 6.42 Å². The zero-order chi connectivity index (χ0) is 11.7. The van der Waals surface area contributed by atoms with E-state index in [1.165, 1.54) is 18.5 Å². The standard InChI is InChI=1S/C12H20ClN3/c1-8(2)12-15-11(13)10-5-3-4-9(6-7-14)16(10)12/h8-9H,3-7,14H2,1-2H3. The van der Waals surface area contributed by atoms with Gasteiger partial charge in [-0.1, -0.05) is 25.4 Å². The van der Waals surface area contributed by atoms with Crippen LogP contribution >= 0.6 is 11.6 Å². The molecule has 3 nitrogen and oxygen atoms in total. The van der Waals surface area contributed by atoms with Gasteiger partial charge in [0.25, 0.3) is 0 Å². The SMILES string of the molecule is CC(C)c1nc(Cl)c2n1C(CCN)CCC2. The molecule has 0 fully saturated rings. The molecule has 1 aliphatic heterocycles. The topological polar surface area (TPSA) is 43.8 Å². The maximum Gasteiger partial charge on any atom is 0.150 e. The van der Waals surface area contributed by atoms with Crippen molar-refractivity contribution in [1.29, 1.82) is 0 Å². The Morgan fingerprint density at radius 2 is 2.31 bits per heavy atom. The summed E-state index contributed by atoms with van der Waals surface area (Å²) >= 11 is 6.21. The lowest BCUT2D eigenvalue weighted by Gasteiger charge is -2.28. The molecular formula is C12H20ClN3.